The van der Waals surface area contributed by atoms with Crippen LogP contribution in [0.2, 0.25) is 4.66 Å². The normalized spacial score (nSPS) is 20.5. The van der Waals surface area contributed by atoms with E-state index >= 15 is 0 Å². The van der Waals surface area contributed by atoms with Crippen molar-refractivity contribution in [2.24, 2.45) is 0 Å². The molecule has 1 aliphatic rings. The first-order chi connectivity index (χ1) is 5.83. The molecule has 0 aromatic rings. The Morgan fingerprint density at radius 3 is 1.83 bits per heavy atom. The second kappa shape index (κ2) is 5.16. The Balaban J connectivity index is 2.19. The van der Waals surface area contributed by atoms with Gasteiger partial charge in [-0.1, -0.05) is 6.42 Å². The van der Waals surface area contributed by atoms with Crippen LogP contribution in [-0.2, 0) is 8.85 Å². The van der Waals surface area contributed by atoms with Crippen LogP contribution in [0.25, 0.3) is 0 Å². The van der Waals surface area contributed by atoms with Gasteiger partial charge in [0.15, 0.2) is 0 Å². The van der Waals surface area contributed by atoms with E-state index < -0.39 is 0 Å². The van der Waals surface area contributed by atoms with E-state index in [0.29, 0.717) is 24.2 Å². The number of hydrogen-bond donors (Lipinski definition) is 0. The molecule has 0 unspecified atom stereocenters. The molecule has 1 aliphatic carbocycles. The molecule has 4 radical (unpaired) electrons. The summed E-state index contributed by atoms with van der Waals surface area (Å²) in [6.45, 7) is 5.81. The molecule has 4 heteroatoms. The van der Waals surface area contributed by atoms with Crippen molar-refractivity contribution in [2.45, 2.75) is 37.8 Å². The first kappa shape index (κ1) is 10.4. The standard InChI is InChI=1S/C8H16O2Si2/c1-3-9-11-8(6-5-7-8)12-10-4-2/h3-7H2,1-2H3. The summed E-state index contributed by atoms with van der Waals surface area (Å²) in [5, 5.41) is 0. The molecule has 1 rings (SSSR count). The Hall–Kier alpha value is 0.354. The highest BCUT2D eigenvalue weighted by Gasteiger charge is 2.40. The third-order valence-electron chi connectivity index (χ3n) is 2.03. The number of hydrogen-bond acceptors (Lipinski definition) is 2. The Kier molecular flexibility index (Phi) is 4.49. The molecule has 0 N–H and O–H groups in total. The van der Waals surface area contributed by atoms with Crippen LogP contribution < -0.4 is 0 Å². The van der Waals surface area contributed by atoms with E-state index in [0.717, 1.165) is 13.2 Å². The predicted molar refractivity (Wildman–Crippen MR) is 51.3 cm³/mol. The van der Waals surface area contributed by atoms with Crippen LogP contribution in [0.4, 0.5) is 0 Å². The molecule has 0 spiro atoms. The maximum atomic E-state index is 5.49. The third-order valence-corrected chi connectivity index (χ3v) is 5.29. The lowest BCUT2D eigenvalue weighted by atomic mass is 9.98. The Morgan fingerprint density at radius 2 is 1.58 bits per heavy atom. The summed E-state index contributed by atoms with van der Waals surface area (Å²) in [6.07, 6.45) is 3.98. The van der Waals surface area contributed by atoms with Crippen LogP contribution in [0.15, 0.2) is 0 Å². The van der Waals surface area contributed by atoms with Crippen LogP contribution in [-0.4, -0.2) is 32.7 Å². The molecule has 0 saturated heterocycles. The van der Waals surface area contributed by atoms with Gasteiger partial charge in [0.25, 0.3) is 0 Å². The van der Waals surface area contributed by atoms with Crippen molar-refractivity contribution in [3.63, 3.8) is 0 Å². The SMILES string of the molecule is CCO[Si]C1([Si]OCC)CCC1. The molecule has 0 amide bonds. The zero-order valence-electron chi connectivity index (χ0n) is 7.85. The van der Waals surface area contributed by atoms with Crippen molar-refractivity contribution in [3.05, 3.63) is 0 Å². The van der Waals surface area contributed by atoms with Crippen molar-refractivity contribution in [2.75, 3.05) is 13.2 Å². The Bertz CT molecular complexity index is 116. The van der Waals surface area contributed by atoms with Gasteiger partial charge in [-0.3, -0.25) is 0 Å². The summed E-state index contributed by atoms with van der Waals surface area (Å²) < 4.78 is 11.4. The minimum absolute atomic E-state index is 0.437. The molecular formula is C8H16O2Si2. The monoisotopic (exact) mass is 200 g/mol. The second-order valence-corrected chi connectivity index (χ2v) is 6.41. The summed E-state index contributed by atoms with van der Waals surface area (Å²) in [5.41, 5.74) is 0. The molecule has 1 fully saturated rings. The molecule has 12 heavy (non-hydrogen) atoms. The summed E-state index contributed by atoms with van der Waals surface area (Å²) in [5.74, 6) is 0. The molecule has 0 heterocycles. The van der Waals surface area contributed by atoms with E-state index in [1.165, 1.54) is 19.3 Å². The smallest absolute Gasteiger partial charge is 0.235 e. The van der Waals surface area contributed by atoms with Gasteiger partial charge in [0.2, 0.25) is 19.5 Å². The first-order valence-electron chi connectivity index (χ1n) is 4.61. The predicted octanol–water partition coefficient (Wildman–Crippen LogP) is 1.60. The lowest BCUT2D eigenvalue weighted by molar-refractivity contribution is 0.283. The van der Waals surface area contributed by atoms with Crippen LogP contribution in [0.1, 0.15) is 33.1 Å². The molecule has 0 bridgehead atoms. The minimum Gasteiger partial charge on any atom is -0.417 e. The molecule has 68 valence electrons. The molecule has 1 saturated carbocycles. The fourth-order valence-corrected chi connectivity index (χ4v) is 3.73. The first-order valence-corrected chi connectivity index (χ1v) is 6.42. The van der Waals surface area contributed by atoms with Gasteiger partial charge in [-0.15, -0.1) is 0 Å². The van der Waals surface area contributed by atoms with Crippen molar-refractivity contribution in [1.29, 1.82) is 0 Å². The lowest BCUT2D eigenvalue weighted by Gasteiger charge is -2.38. The highest BCUT2D eigenvalue weighted by atomic mass is 28.3. The van der Waals surface area contributed by atoms with Gasteiger partial charge in [-0.05, 0) is 26.7 Å². The average Bonchev–Trinajstić information content (AvgIpc) is 2.02. The van der Waals surface area contributed by atoms with E-state index in [4.69, 9.17) is 8.85 Å². The number of rotatable bonds is 6. The highest BCUT2D eigenvalue weighted by Crippen LogP contribution is 2.46. The zero-order valence-corrected chi connectivity index (χ0v) is 9.85. The highest BCUT2D eigenvalue weighted by molar-refractivity contribution is 6.56. The van der Waals surface area contributed by atoms with Crippen LogP contribution in [0.3, 0.4) is 0 Å². The summed E-state index contributed by atoms with van der Waals surface area (Å²) in [4.78, 5) is 0. The second-order valence-electron chi connectivity index (χ2n) is 3.01. The van der Waals surface area contributed by atoms with Crippen LogP contribution in [0.5, 0.6) is 0 Å². The molecule has 0 atom stereocenters. The topological polar surface area (TPSA) is 18.5 Å². The fourth-order valence-electron chi connectivity index (χ4n) is 1.18. The average molecular weight is 200 g/mol. The van der Waals surface area contributed by atoms with E-state index in [-0.39, 0.29) is 0 Å². The zero-order chi connectivity index (χ0) is 8.86. The van der Waals surface area contributed by atoms with Gasteiger partial charge in [-0.25, -0.2) is 0 Å². The van der Waals surface area contributed by atoms with Crippen molar-refractivity contribution >= 4 is 19.5 Å². The van der Waals surface area contributed by atoms with Crippen molar-refractivity contribution in [3.8, 4) is 0 Å². The van der Waals surface area contributed by atoms with Crippen LogP contribution in [0, 0.1) is 0 Å². The quantitative estimate of drug-likeness (QED) is 0.606. The molecule has 0 aliphatic heterocycles. The van der Waals surface area contributed by atoms with E-state index in [1.54, 1.807) is 0 Å². The Labute approximate surface area is 79.9 Å². The molecule has 0 aromatic heterocycles. The third kappa shape index (κ3) is 2.69. The largest absolute Gasteiger partial charge is 0.417 e. The van der Waals surface area contributed by atoms with E-state index in [2.05, 4.69) is 13.8 Å². The van der Waals surface area contributed by atoms with Crippen LogP contribution >= 0.6 is 0 Å². The molecular weight excluding hydrogens is 184 g/mol. The fraction of sp³-hybridized carbons (Fsp3) is 1.00. The maximum absolute atomic E-state index is 5.49. The van der Waals surface area contributed by atoms with Crippen molar-refractivity contribution in [1.82, 2.24) is 0 Å². The van der Waals surface area contributed by atoms with Gasteiger partial charge in [0, 0.05) is 17.9 Å². The molecule has 2 nitrogen and oxygen atoms in total. The summed E-state index contributed by atoms with van der Waals surface area (Å²) in [6, 6.07) is 0. The van der Waals surface area contributed by atoms with Gasteiger partial charge >= 0.3 is 0 Å². The van der Waals surface area contributed by atoms with Gasteiger partial charge in [-0.2, -0.15) is 0 Å². The van der Waals surface area contributed by atoms with Gasteiger partial charge in [0.1, 0.15) is 0 Å². The lowest BCUT2D eigenvalue weighted by Crippen LogP contribution is -2.37. The molecule has 0 aromatic carbocycles. The van der Waals surface area contributed by atoms with E-state index in [9.17, 15) is 0 Å². The van der Waals surface area contributed by atoms with Gasteiger partial charge in [0.05, 0.1) is 0 Å². The van der Waals surface area contributed by atoms with E-state index in [1.807, 2.05) is 0 Å². The van der Waals surface area contributed by atoms with Crippen molar-refractivity contribution < 1.29 is 8.85 Å². The van der Waals surface area contributed by atoms with Gasteiger partial charge < -0.3 is 8.85 Å². The maximum Gasteiger partial charge on any atom is 0.235 e. The summed E-state index contributed by atoms with van der Waals surface area (Å²) >= 11 is 0. The Morgan fingerprint density at radius 1 is 1.08 bits per heavy atom. The summed E-state index contributed by atoms with van der Waals surface area (Å²) in [7, 11) is 1.32. The minimum atomic E-state index is 0.437.